The van der Waals surface area contributed by atoms with E-state index in [0.29, 0.717) is 38.0 Å². The van der Waals surface area contributed by atoms with E-state index in [1.54, 1.807) is 63.8 Å². The molecule has 140 valence electrons. The summed E-state index contributed by atoms with van der Waals surface area (Å²) in [6, 6.07) is 10.5. The number of hydrogen-bond donors (Lipinski definition) is 1. The maximum Gasteiger partial charge on any atom is 0.264 e. The van der Waals surface area contributed by atoms with Crippen LogP contribution in [0.25, 0.3) is 6.08 Å². The highest BCUT2D eigenvalue weighted by Gasteiger charge is 2.24. The van der Waals surface area contributed by atoms with E-state index in [0.717, 1.165) is 5.56 Å². The molecule has 2 aromatic rings. The largest absolute Gasteiger partial charge is 0.497 e. The minimum Gasteiger partial charge on any atom is -0.497 e. The number of amides is 1. The minimum atomic E-state index is -0.248. The van der Waals surface area contributed by atoms with Gasteiger partial charge in [0.1, 0.15) is 17.2 Å². The van der Waals surface area contributed by atoms with Crippen molar-refractivity contribution in [1.82, 2.24) is 5.32 Å². The lowest BCUT2D eigenvalue weighted by Gasteiger charge is -2.07. The maximum absolute atomic E-state index is 12.3. The molecule has 6 nitrogen and oxygen atoms in total. The van der Waals surface area contributed by atoms with Gasteiger partial charge < -0.3 is 19.5 Å². The summed E-state index contributed by atoms with van der Waals surface area (Å²) >= 11 is 7.40. The van der Waals surface area contributed by atoms with E-state index in [1.807, 2.05) is 0 Å². The summed E-state index contributed by atoms with van der Waals surface area (Å²) in [7, 11) is 4.72. The van der Waals surface area contributed by atoms with Crippen LogP contribution in [0.5, 0.6) is 17.2 Å². The van der Waals surface area contributed by atoms with Crippen LogP contribution >= 0.6 is 23.4 Å². The molecule has 1 saturated heterocycles. The molecule has 3 rings (SSSR count). The SMILES string of the molecule is COc1ccc(OC)c(/C=C2\SC(=Nc3cc(OC)ccc3Cl)NC2=O)c1. The molecule has 0 bridgehead atoms. The number of thioether (sulfide) groups is 1. The first-order chi connectivity index (χ1) is 13.0. The molecule has 1 aliphatic rings. The van der Waals surface area contributed by atoms with Crippen LogP contribution in [-0.2, 0) is 4.79 Å². The lowest BCUT2D eigenvalue weighted by Crippen LogP contribution is -2.19. The van der Waals surface area contributed by atoms with Crippen molar-refractivity contribution in [2.24, 2.45) is 4.99 Å². The zero-order valence-electron chi connectivity index (χ0n) is 14.9. The highest BCUT2D eigenvalue weighted by atomic mass is 35.5. The van der Waals surface area contributed by atoms with E-state index < -0.39 is 0 Å². The molecule has 0 saturated carbocycles. The lowest BCUT2D eigenvalue weighted by atomic mass is 10.1. The maximum atomic E-state index is 12.3. The fourth-order valence-corrected chi connectivity index (χ4v) is 3.37. The Morgan fingerprint density at radius 2 is 1.74 bits per heavy atom. The minimum absolute atomic E-state index is 0.248. The summed E-state index contributed by atoms with van der Waals surface area (Å²) in [6.07, 6.45) is 1.73. The Morgan fingerprint density at radius 1 is 1.04 bits per heavy atom. The number of aliphatic imine (C=N–C) groups is 1. The molecule has 1 N–H and O–H groups in total. The summed E-state index contributed by atoms with van der Waals surface area (Å²) in [5, 5.41) is 3.63. The second kappa shape index (κ2) is 8.37. The first kappa shape index (κ1) is 19.1. The average Bonchev–Trinajstić information content (AvgIpc) is 3.02. The number of ether oxygens (including phenoxy) is 3. The van der Waals surface area contributed by atoms with Crippen molar-refractivity contribution in [1.29, 1.82) is 0 Å². The topological polar surface area (TPSA) is 69.2 Å². The third-order valence-corrected chi connectivity index (χ3v) is 4.98. The van der Waals surface area contributed by atoms with E-state index in [1.165, 1.54) is 11.8 Å². The number of carbonyl (C=O) groups excluding carboxylic acids is 1. The number of nitrogens with zero attached hydrogens (tertiary/aromatic N) is 1. The van der Waals surface area contributed by atoms with Gasteiger partial charge >= 0.3 is 0 Å². The Labute approximate surface area is 166 Å². The number of rotatable bonds is 5. The summed E-state index contributed by atoms with van der Waals surface area (Å²) in [5.74, 6) is 1.69. The van der Waals surface area contributed by atoms with Gasteiger partial charge in [-0.25, -0.2) is 4.99 Å². The fraction of sp³-hybridized carbons (Fsp3) is 0.158. The van der Waals surface area contributed by atoms with Gasteiger partial charge in [-0.05, 0) is 48.2 Å². The van der Waals surface area contributed by atoms with Crippen molar-refractivity contribution in [2.75, 3.05) is 21.3 Å². The zero-order valence-corrected chi connectivity index (χ0v) is 16.5. The number of hydrogen-bond acceptors (Lipinski definition) is 6. The molecule has 2 aromatic carbocycles. The van der Waals surface area contributed by atoms with Crippen LogP contribution in [0.4, 0.5) is 5.69 Å². The van der Waals surface area contributed by atoms with Gasteiger partial charge in [0.05, 0.1) is 36.9 Å². The first-order valence-electron chi connectivity index (χ1n) is 7.89. The Morgan fingerprint density at radius 3 is 2.44 bits per heavy atom. The number of carbonyl (C=O) groups is 1. The van der Waals surface area contributed by atoms with Crippen molar-refractivity contribution in [2.45, 2.75) is 0 Å². The molecular weight excluding hydrogens is 388 g/mol. The smallest absolute Gasteiger partial charge is 0.264 e. The lowest BCUT2D eigenvalue weighted by molar-refractivity contribution is -0.115. The molecule has 0 aromatic heterocycles. The van der Waals surface area contributed by atoms with Crippen LogP contribution in [0.1, 0.15) is 5.56 Å². The fourth-order valence-electron chi connectivity index (χ4n) is 2.39. The Kier molecular flexibility index (Phi) is 5.93. The van der Waals surface area contributed by atoms with E-state index in [9.17, 15) is 4.79 Å². The van der Waals surface area contributed by atoms with E-state index in [4.69, 9.17) is 25.8 Å². The molecule has 0 atom stereocenters. The summed E-state index contributed by atoms with van der Waals surface area (Å²) < 4.78 is 15.8. The predicted octanol–water partition coefficient (Wildman–Crippen LogP) is 4.26. The second-order valence-corrected chi connectivity index (χ2v) is 6.84. The highest BCUT2D eigenvalue weighted by molar-refractivity contribution is 8.18. The molecule has 0 unspecified atom stereocenters. The zero-order chi connectivity index (χ0) is 19.4. The van der Waals surface area contributed by atoms with Gasteiger partial charge in [-0.1, -0.05) is 11.6 Å². The molecular formula is C19H17ClN2O4S. The predicted molar refractivity (Wildman–Crippen MR) is 108 cm³/mol. The second-order valence-electron chi connectivity index (χ2n) is 5.41. The quantitative estimate of drug-likeness (QED) is 0.754. The number of amidine groups is 1. The third kappa shape index (κ3) is 4.37. The van der Waals surface area contributed by atoms with Crippen LogP contribution in [0, 0.1) is 0 Å². The average molecular weight is 405 g/mol. The van der Waals surface area contributed by atoms with Crippen molar-refractivity contribution >= 4 is 46.2 Å². The molecule has 0 aliphatic carbocycles. The van der Waals surface area contributed by atoms with Crippen LogP contribution in [0.3, 0.4) is 0 Å². The summed E-state index contributed by atoms with van der Waals surface area (Å²) in [4.78, 5) is 17.2. The van der Waals surface area contributed by atoms with E-state index >= 15 is 0 Å². The number of benzene rings is 2. The van der Waals surface area contributed by atoms with Crippen molar-refractivity contribution in [3.8, 4) is 17.2 Å². The normalized spacial score (nSPS) is 16.5. The van der Waals surface area contributed by atoms with Gasteiger partial charge in [0, 0.05) is 11.6 Å². The van der Waals surface area contributed by atoms with Gasteiger partial charge in [0.2, 0.25) is 0 Å². The van der Waals surface area contributed by atoms with Crippen LogP contribution in [0.15, 0.2) is 46.3 Å². The van der Waals surface area contributed by atoms with Gasteiger partial charge in [-0.15, -0.1) is 0 Å². The Balaban J connectivity index is 1.91. The van der Waals surface area contributed by atoms with E-state index in [2.05, 4.69) is 10.3 Å². The highest BCUT2D eigenvalue weighted by Crippen LogP contribution is 2.34. The molecule has 0 radical (unpaired) electrons. The number of methoxy groups -OCH3 is 3. The Bertz CT molecular complexity index is 943. The van der Waals surface area contributed by atoms with Crippen molar-refractivity contribution < 1.29 is 19.0 Å². The Hall–Kier alpha value is -2.64. The summed E-state index contributed by atoms with van der Waals surface area (Å²) in [6.45, 7) is 0. The van der Waals surface area contributed by atoms with Gasteiger partial charge in [0.15, 0.2) is 5.17 Å². The van der Waals surface area contributed by atoms with Crippen LogP contribution in [0.2, 0.25) is 5.02 Å². The molecule has 1 fully saturated rings. The van der Waals surface area contributed by atoms with Crippen LogP contribution in [-0.4, -0.2) is 32.4 Å². The third-order valence-electron chi connectivity index (χ3n) is 3.75. The van der Waals surface area contributed by atoms with E-state index in [-0.39, 0.29) is 5.91 Å². The molecule has 0 spiro atoms. The molecule has 1 aliphatic heterocycles. The molecule has 8 heteroatoms. The number of nitrogens with one attached hydrogen (secondary N) is 1. The van der Waals surface area contributed by atoms with Crippen LogP contribution < -0.4 is 19.5 Å². The van der Waals surface area contributed by atoms with Gasteiger partial charge in [-0.2, -0.15) is 0 Å². The first-order valence-corrected chi connectivity index (χ1v) is 9.08. The summed E-state index contributed by atoms with van der Waals surface area (Å²) in [5.41, 5.74) is 1.24. The monoisotopic (exact) mass is 404 g/mol. The van der Waals surface area contributed by atoms with Crippen molar-refractivity contribution in [3.63, 3.8) is 0 Å². The standard InChI is InChI=1S/C19H17ClN2O4S/c1-24-12-5-7-16(26-3)11(8-12)9-17-18(23)22-19(27-17)21-15-10-13(25-2)4-6-14(15)20/h4-10H,1-3H3,(H,21,22,23)/b17-9-. The molecule has 1 heterocycles. The van der Waals surface area contributed by atoms with Gasteiger partial charge in [0.25, 0.3) is 5.91 Å². The number of halogens is 1. The molecule has 1 amide bonds. The van der Waals surface area contributed by atoms with Gasteiger partial charge in [-0.3, -0.25) is 4.79 Å². The molecule has 27 heavy (non-hydrogen) atoms. The van der Waals surface area contributed by atoms with Crippen molar-refractivity contribution in [3.05, 3.63) is 51.9 Å².